The van der Waals surface area contributed by atoms with Gasteiger partial charge in [0.25, 0.3) is 0 Å². The van der Waals surface area contributed by atoms with E-state index in [1.807, 2.05) is 18.2 Å². The molecule has 2 atom stereocenters. The summed E-state index contributed by atoms with van der Waals surface area (Å²) >= 11 is 3.44. The molecule has 88 valence electrons. The molecular weight excluding hydrogens is 268 g/mol. The molecule has 2 unspecified atom stereocenters. The molecule has 1 aromatic carbocycles. The fraction of sp³-hybridized carbons (Fsp3) is 0.538. The van der Waals surface area contributed by atoms with Crippen molar-refractivity contribution in [3.8, 4) is 5.75 Å². The van der Waals surface area contributed by atoms with E-state index in [0.29, 0.717) is 11.8 Å². The van der Waals surface area contributed by atoms with Gasteiger partial charge in [-0.1, -0.05) is 13.0 Å². The van der Waals surface area contributed by atoms with Crippen molar-refractivity contribution in [1.29, 1.82) is 0 Å². The fourth-order valence-corrected chi connectivity index (χ4v) is 2.61. The van der Waals surface area contributed by atoms with Crippen LogP contribution in [0.15, 0.2) is 22.7 Å². The van der Waals surface area contributed by atoms with E-state index in [-0.39, 0.29) is 6.10 Å². The largest absolute Gasteiger partial charge is 0.496 e. The van der Waals surface area contributed by atoms with Gasteiger partial charge in [0.2, 0.25) is 0 Å². The van der Waals surface area contributed by atoms with E-state index in [9.17, 15) is 5.11 Å². The van der Waals surface area contributed by atoms with Crippen LogP contribution in [0.3, 0.4) is 0 Å². The minimum Gasteiger partial charge on any atom is -0.496 e. The van der Waals surface area contributed by atoms with Crippen LogP contribution < -0.4 is 4.74 Å². The summed E-state index contributed by atoms with van der Waals surface area (Å²) in [5.41, 5.74) is 0.965. The van der Waals surface area contributed by atoms with E-state index >= 15 is 0 Å². The van der Waals surface area contributed by atoms with Crippen LogP contribution in [0.1, 0.15) is 31.4 Å². The van der Waals surface area contributed by atoms with E-state index in [2.05, 4.69) is 22.9 Å². The second-order valence-corrected chi connectivity index (χ2v) is 5.39. The molecule has 2 nitrogen and oxygen atoms in total. The average Bonchev–Trinajstić information content (AvgIpc) is 3.11. The van der Waals surface area contributed by atoms with Crippen LogP contribution in [0, 0.1) is 11.8 Å². The maximum Gasteiger partial charge on any atom is 0.133 e. The molecule has 0 aromatic heterocycles. The highest BCUT2D eigenvalue weighted by molar-refractivity contribution is 9.10. The zero-order valence-electron chi connectivity index (χ0n) is 9.61. The third kappa shape index (κ3) is 2.41. The van der Waals surface area contributed by atoms with E-state index < -0.39 is 0 Å². The van der Waals surface area contributed by atoms with E-state index in [0.717, 1.165) is 15.8 Å². The summed E-state index contributed by atoms with van der Waals surface area (Å²) < 4.78 is 6.07. The Kier molecular flexibility index (Phi) is 3.55. The van der Waals surface area contributed by atoms with E-state index in [1.165, 1.54) is 12.8 Å². The molecule has 0 spiro atoms. The van der Waals surface area contributed by atoms with Crippen LogP contribution in [0.25, 0.3) is 0 Å². The Morgan fingerprint density at radius 3 is 2.62 bits per heavy atom. The lowest BCUT2D eigenvalue weighted by Gasteiger charge is -2.19. The standard InChI is InChI=1S/C13H17BrO2/c1-8(9-3-4-9)13(15)10-5-6-12(16-2)11(14)7-10/h5-9,13,15H,3-4H2,1-2H3. The van der Waals surface area contributed by atoms with Gasteiger partial charge in [-0.2, -0.15) is 0 Å². The van der Waals surface area contributed by atoms with Gasteiger partial charge in [0.15, 0.2) is 0 Å². The van der Waals surface area contributed by atoms with E-state index in [4.69, 9.17) is 4.74 Å². The van der Waals surface area contributed by atoms with Crippen LogP contribution in [0.4, 0.5) is 0 Å². The molecule has 0 aliphatic heterocycles. The third-order valence-electron chi connectivity index (χ3n) is 3.38. The predicted molar refractivity (Wildman–Crippen MR) is 67.5 cm³/mol. The average molecular weight is 285 g/mol. The summed E-state index contributed by atoms with van der Waals surface area (Å²) in [5, 5.41) is 10.2. The Bertz CT molecular complexity index is 374. The molecule has 1 aromatic rings. The lowest BCUT2D eigenvalue weighted by molar-refractivity contribution is 0.106. The Labute approximate surface area is 105 Å². The van der Waals surface area contributed by atoms with Crippen molar-refractivity contribution in [2.75, 3.05) is 7.11 Å². The highest BCUT2D eigenvalue weighted by atomic mass is 79.9. The van der Waals surface area contributed by atoms with Crippen molar-refractivity contribution in [3.05, 3.63) is 28.2 Å². The second-order valence-electron chi connectivity index (χ2n) is 4.54. The highest BCUT2D eigenvalue weighted by Crippen LogP contribution is 2.43. The van der Waals surface area contributed by atoms with Crippen molar-refractivity contribution in [2.24, 2.45) is 11.8 Å². The molecule has 0 bridgehead atoms. The van der Waals surface area contributed by atoms with Gasteiger partial charge in [0.1, 0.15) is 5.75 Å². The lowest BCUT2D eigenvalue weighted by Crippen LogP contribution is -2.11. The first-order chi connectivity index (χ1) is 7.63. The Morgan fingerprint density at radius 2 is 2.12 bits per heavy atom. The minimum atomic E-state index is -0.366. The molecule has 1 N–H and O–H groups in total. The summed E-state index contributed by atoms with van der Waals surface area (Å²) in [4.78, 5) is 0. The summed E-state index contributed by atoms with van der Waals surface area (Å²) in [6.07, 6.45) is 2.15. The van der Waals surface area contributed by atoms with Gasteiger partial charge >= 0.3 is 0 Å². The van der Waals surface area contributed by atoms with Crippen molar-refractivity contribution in [1.82, 2.24) is 0 Å². The first-order valence-corrected chi connectivity index (χ1v) is 6.44. The normalized spacial score (nSPS) is 19.2. The van der Waals surface area contributed by atoms with Crippen LogP contribution in [0.5, 0.6) is 5.75 Å². The molecule has 1 saturated carbocycles. The SMILES string of the molecule is COc1ccc(C(O)C(C)C2CC2)cc1Br. The first kappa shape index (κ1) is 11.9. The van der Waals surface area contributed by atoms with Crippen molar-refractivity contribution in [2.45, 2.75) is 25.9 Å². The number of hydrogen-bond acceptors (Lipinski definition) is 2. The van der Waals surface area contributed by atoms with Gasteiger partial charge in [-0.3, -0.25) is 0 Å². The summed E-state index contributed by atoms with van der Waals surface area (Å²) in [6.45, 7) is 2.13. The topological polar surface area (TPSA) is 29.5 Å². The van der Waals surface area contributed by atoms with Crippen LogP contribution in [-0.2, 0) is 0 Å². The zero-order valence-corrected chi connectivity index (χ0v) is 11.2. The van der Waals surface area contributed by atoms with Gasteiger partial charge in [-0.05, 0) is 58.3 Å². The second kappa shape index (κ2) is 4.76. The molecule has 0 saturated heterocycles. The summed E-state index contributed by atoms with van der Waals surface area (Å²) in [7, 11) is 1.64. The monoisotopic (exact) mass is 284 g/mol. The molecule has 1 aliphatic rings. The summed E-state index contributed by atoms with van der Waals surface area (Å²) in [5.74, 6) is 1.85. The number of aliphatic hydroxyl groups is 1. The van der Waals surface area contributed by atoms with Gasteiger partial charge < -0.3 is 9.84 Å². The number of aliphatic hydroxyl groups excluding tert-OH is 1. The Morgan fingerprint density at radius 1 is 1.44 bits per heavy atom. The van der Waals surface area contributed by atoms with Gasteiger partial charge in [0.05, 0.1) is 17.7 Å². The first-order valence-electron chi connectivity index (χ1n) is 5.65. The number of ether oxygens (including phenoxy) is 1. The Hall–Kier alpha value is -0.540. The third-order valence-corrected chi connectivity index (χ3v) is 4.00. The molecule has 16 heavy (non-hydrogen) atoms. The van der Waals surface area contributed by atoms with Crippen molar-refractivity contribution >= 4 is 15.9 Å². The maximum atomic E-state index is 10.2. The minimum absolute atomic E-state index is 0.347. The molecule has 1 fully saturated rings. The van der Waals surface area contributed by atoms with Gasteiger partial charge in [-0.25, -0.2) is 0 Å². The Balaban J connectivity index is 2.16. The summed E-state index contributed by atoms with van der Waals surface area (Å²) in [6, 6.07) is 5.78. The number of hydrogen-bond donors (Lipinski definition) is 1. The smallest absolute Gasteiger partial charge is 0.133 e. The molecule has 0 heterocycles. The van der Waals surface area contributed by atoms with E-state index in [1.54, 1.807) is 7.11 Å². The molecule has 3 heteroatoms. The quantitative estimate of drug-likeness (QED) is 0.917. The predicted octanol–water partition coefficient (Wildman–Crippen LogP) is 3.54. The fourth-order valence-electron chi connectivity index (χ4n) is 2.05. The van der Waals surface area contributed by atoms with Crippen LogP contribution >= 0.6 is 15.9 Å². The van der Waals surface area contributed by atoms with Crippen LogP contribution in [-0.4, -0.2) is 12.2 Å². The van der Waals surface area contributed by atoms with Crippen molar-refractivity contribution in [3.63, 3.8) is 0 Å². The molecule has 1 aliphatic carbocycles. The highest BCUT2D eigenvalue weighted by Gasteiger charge is 2.33. The van der Waals surface area contributed by atoms with Gasteiger partial charge in [0, 0.05) is 0 Å². The van der Waals surface area contributed by atoms with Crippen LogP contribution in [0.2, 0.25) is 0 Å². The number of benzene rings is 1. The number of methoxy groups -OCH3 is 1. The molecule has 0 radical (unpaired) electrons. The maximum absolute atomic E-state index is 10.2. The molecule has 0 amide bonds. The lowest BCUT2D eigenvalue weighted by atomic mass is 9.93. The number of rotatable bonds is 4. The molecular formula is C13H17BrO2. The number of halogens is 1. The van der Waals surface area contributed by atoms with Crippen molar-refractivity contribution < 1.29 is 9.84 Å². The van der Waals surface area contributed by atoms with Gasteiger partial charge in [-0.15, -0.1) is 0 Å². The molecule has 2 rings (SSSR count). The zero-order chi connectivity index (χ0) is 11.7.